The van der Waals surface area contributed by atoms with Gasteiger partial charge in [-0.25, -0.2) is 4.39 Å². The highest BCUT2D eigenvalue weighted by Gasteiger charge is 2.56. The molecule has 0 saturated carbocycles. The summed E-state index contributed by atoms with van der Waals surface area (Å²) in [6.45, 7) is 2.71. The van der Waals surface area contributed by atoms with E-state index >= 15 is 0 Å². The van der Waals surface area contributed by atoms with Gasteiger partial charge in [0.1, 0.15) is 11.6 Å². The molecule has 2 aromatic carbocycles. The molecule has 32 heavy (non-hydrogen) atoms. The third-order valence-electron chi connectivity index (χ3n) is 5.99. The number of aromatic nitrogens is 1. The predicted molar refractivity (Wildman–Crippen MR) is 114 cm³/mol. The van der Waals surface area contributed by atoms with E-state index in [-0.39, 0.29) is 0 Å². The van der Waals surface area contributed by atoms with Crippen LogP contribution in [0.2, 0.25) is 0 Å². The Morgan fingerprint density at radius 1 is 1.16 bits per heavy atom. The van der Waals surface area contributed by atoms with Gasteiger partial charge in [-0.05, 0) is 36.1 Å². The van der Waals surface area contributed by atoms with Crippen molar-refractivity contribution in [3.63, 3.8) is 0 Å². The fourth-order valence-corrected chi connectivity index (χ4v) is 4.38. The molecular weight excluding hydrogens is 424 g/mol. The molecule has 1 aromatic heterocycles. The quantitative estimate of drug-likeness (QED) is 0.497. The largest absolute Gasteiger partial charge is 0.493 e. The number of rotatable bonds is 6. The van der Waals surface area contributed by atoms with Crippen molar-refractivity contribution in [3.05, 3.63) is 65.7 Å². The number of pyridine rings is 1. The standard InChI is InChI=1S/C24H24F4N2O2/c1-22(2,19-11-17(25)10-15-7-9-32-21(15)19)13-23(31,24(26,27)28)14-30-20-5-3-4-16-12-29-8-6-18(16)20/h3-6,8,10-12,30-31H,7,9,13-14H2,1-2H3/t23-/m0/s1. The van der Waals surface area contributed by atoms with Crippen LogP contribution in [0.3, 0.4) is 0 Å². The van der Waals surface area contributed by atoms with Crippen LogP contribution in [0.25, 0.3) is 10.8 Å². The highest BCUT2D eigenvalue weighted by Crippen LogP contribution is 2.46. The number of nitrogens with zero attached hydrogens (tertiary/aromatic N) is 1. The number of anilines is 1. The molecule has 1 aliphatic rings. The lowest BCUT2D eigenvalue weighted by molar-refractivity contribution is -0.260. The number of nitrogens with one attached hydrogen (secondary N) is 1. The monoisotopic (exact) mass is 448 g/mol. The Hall–Kier alpha value is -2.87. The van der Waals surface area contributed by atoms with E-state index in [2.05, 4.69) is 10.3 Å². The van der Waals surface area contributed by atoms with Crippen LogP contribution in [-0.2, 0) is 11.8 Å². The highest BCUT2D eigenvalue weighted by molar-refractivity contribution is 5.93. The number of aliphatic hydroxyl groups is 1. The van der Waals surface area contributed by atoms with Crippen molar-refractivity contribution in [2.75, 3.05) is 18.5 Å². The number of ether oxygens (including phenoxy) is 1. The van der Waals surface area contributed by atoms with Gasteiger partial charge in [0.25, 0.3) is 0 Å². The van der Waals surface area contributed by atoms with Gasteiger partial charge in [-0.3, -0.25) is 4.98 Å². The molecule has 0 amide bonds. The van der Waals surface area contributed by atoms with E-state index in [1.165, 1.54) is 12.1 Å². The van der Waals surface area contributed by atoms with Crippen LogP contribution in [0, 0.1) is 5.82 Å². The lowest BCUT2D eigenvalue weighted by Crippen LogP contribution is -2.53. The van der Waals surface area contributed by atoms with Crippen molar-refractivity contribution in [3.8, 4) is 5.75 Å². The first-order valence-corrected chi connectivity index (χ1v) is 10.3. The molecule has 0 aliphatic carbocycles. The molecule has 2 N–H and O–H groups in total. The second kappa shape index (κ2) is 7.92. The van der Waals surface area contributed by atoms with Crippen molar-refractivity contribution in [1.82, 2.24) is 4.98 Å². The number of halogens is 4. The minimum atomic E-state index is -4.92. The molecule has 8 heteroatoms. The highest BCUT2D eigenvalue weighted by atomic mass is 19.4. The smallest absolute Gasteiger partial charge is 0.418 e. The molecule has 0 radical (unpaired) electrons. The van der Waals surface area contributed by atoms with Crippen LogP contribution in [0.1, 0.15) is 31.4 Å². The Balaban J connectivity index is 1.65. The van der Waals surface area contributed by atoms with Crippen LogP contribution >= 0.6 is 0 Å². The Labute approximate surface area is 183 Å². The van der Waals surface area contributed by atoms with E-state index in [0.29, 0.717) is 41.0 Å². The lowest BCUT2D eigenvalue weighted by Gasteiger charge is -2.38. The van der Waals surface area contributed by atoms with Gasteiger partial charge in [0.2, 0.25) is 0 Å². The maximum Gasteiger partial charge on any atom is 0.418 e. The molecule has 0 spiro atoms. The van der Waals surface area contributed by atoms with Gasteiger partial charge in [0.15, 0.2) is 5.60 Å². The molecule has 4 nitrogen and oxygen atoms in total. The normalized spacial score (nSPS) is 15.8. The van der Waals surface area contributed by atoms with Gasteiger partial charge < -0.3 is 15.2 Å². The zero-order chi connectivity index (χ0) is 23.1. The van der Waals surface area contributed by atoms with Gasteiger partial charge in [-0.1, -0.05) is 26.0 Å². The summed E-state index contributed by atoms with van der Waals surface area (Å²) in [6.07, 6.45) is -1.93. The molecule has 0 saturated heterocycles. The average molecular weight is 448 g/mol. The number of hydrogen-bond donors (Lipinski definition) is 2. The molecular formula is C24H24F4N2O2. The maximum absolute atomic E-state index is 14.2. The van der Waals surface area contributed by atoms with Crippen molar-refractivity contribution < 1.29 is 27.4 Å². The summed E-state index contributed by atoms with van der Waals surface area (Å²) in [5.74, 6) is -0.120. The topological polar surface area (TPSA) is 54.4 Å². The van der Waals surface area contributed by atoms with Crippen LogP contribution in [0.5, 0.6) is 5.75 Å². The van der Waals surface area contributed by atoms with E-state index in [1.807, 2.05) is 0 Å². The van der Waals surface area contributed by atoms with Gasteiger partial charge in [0.05, 0.1) is 13.2 Å². The summed E-state index contributed by atoms with van der Waals surface area (Å²) in [5, 5.41) is 15.1. The second-order valence-electron chi connectivity index (χ2n) is 8.89. The minimum absolute atomic E-state index is 0.323. The third-order valence-corrected chi connectivity index (χ3v) is 5.99. The Kier molecular flexibility index (Phi) is 5.53. The van der Waals surface area contributed by atoms with E-state index in [1.54, 1.807) is 50.5 Å². The zero-order valence-electron chi connectivity index (χ0n) is 17.8. The fourth-order valence-electron chi connectivity index (χ4n) is 4.38. The second-order valence-corrected chi connectivity index (χ2v) is 8.89. The molecule has 170 valence electrons. The fraction of sp³-hybridized carbons (Fsp3) is 0.375. The maximum atomic E-state index is 14.2. The van der Waals surface area contributed by atoms with Crippen molar-refractivity contribution in [2.24, 2.45) is 0 Å². The summed E-state index contributed by atoms with van der Waals surface area (Å²) in [5.41, 5.74) is -2.87. The van der Waals surface area contributed by atoms with Crippen LogP contribution in [-0.4, -0.2) is 35.0 Å². The molecule has 1 atom stereocenters. The molecule has 2 heterocycles. The summed E-state index contributed by atoms with van der Waals surface area (Å²) < 4.78 is 62.1. The van der Waals surface area contributed by atoms with E-state index in [4.69, 9.17) is 4.74 Å². The SMILES string of the molecule is CC(C)(C[C@](O)(CNc1cccc2cnccc12)C(F)(F)F)c1cc(F)cc2c1OCC2. The molecule has 0 unspecified atom stereocenters. The minimum Gasteiger partial charge on any atom is -0.493 e. The molecule has 3 aromatic rings. The van der Waals surface area contributed by atoms with Crippen molar-refractivity contribution >= 4 is 16.5 Å². The molecule has 4 rings (SSSR count). The Bertz CT molecular complexity index is 1140. The lowest BCUT2D eigenvalue weighted by atomic mass is 9.74. The summed E-state index contributed by atoms with van der Waals surface area (Å²) in [4.78, 5) is 4.02. The first kappa shape index (κ1) is 22.3. The average Bonchev–Trinajstić information content (AvgIpc) is 3.18. The van der Waals surface area contributed by atoms with Crippen molar-refractivity contribution in [1.29, 1.82) is 0 Å². The van der Waals surface area contributed by atoms with E-state index in [0.717, 1.165) is 5.39 Å². The number of alkyl halides is 3. The van der Waals surface area contributed by atoms with Crippen molar-refractivity contribution in [2.45, 2.75) is 43.9 Å². The Morgan fingerprint density at radius 3 is 2.69 bits per heavy atom. The van der Waals surface area contributed by atoms with E-state index < -0.39 is 36.0 Å². The van der Waals surface area contributed by atoms with Gasteiger partial charge in [-0.2, -0.15) is 13.2 Å². The van der Waals surface area contributed by atoms with Gasteiger partial charge in [-0.15, -0.1) is 0 Å². The number of fused-ring (bicyclic) bond motifs is 2. The van der Waals surface area contributed by atoms with E-state index in [9.17, 15) is 22.7 Å². The molecule has 0 bridgehead atoms. The first-order chi connectivity index (χ1) is 15.0. The zero-order valence-corrected chi connectivity index (χ0v) is 17.8. The first-order valence-electron chi connectivity index (χ1n) is 10.3. The van der Waals surface area contributed by atoms with Crippen LogP contribution < -0.4 is 10.1 Å². The van der Waals surface area contributed by atoms with Gasteiger partial charge >= 0.3 is 6.18 Å². The molecule has 0 fully saturated rings. The summed E-state index contributed by atoms with van der Waals surface area (Å²) in [7, 11) is 0. The number of benzene rings is 2. The van der Waals surface area contributed by atoms with Crippen LogP contribution in [0.15, 0.2) is 48.8 Å². The van der Waals surface area contributed by atoms with Gasteiger partial charge in [0, 0.05) is 46.4 Å². The number of hydrogen-bond acceptors (Lipinski definition) is 4. The third kappa shape index (κ3) is 4.11. The molecule has 1 aliphatic heterocycles. The summed E-state index contributed by atoms with van der Waals surface area (Å²) in [6, 6.07) is 9.40. The predicted octanol–water partition coefficient (Wildman–Crippen LogP) is 5.38. The summed E-state index contributed by atoms with van der Waals surface area (Å²) >= 11 is 0. The van der Waals surface area contributed by atoms with Crippen LogP contribution in [0.4, 0.5) is 23.2 Å². The Morgan fingerprint density at radius 2 is 1.94 bits per heavy atom.